The van der Waals surface area contributed by atoms with Crippen molar-refractivity contribution < 1.29 is 14.7 Å². The fourth-order valence-corrected chi connectivity index (χ4v) is 2.37. The number of nitrogens with zero attached hydrogens (tertiary/aromatic N) is 2. The van der Waals surface area contributed by atoms with Crippen molar-refractivity contribution in [2.45, 2.75) is 37.6 Å². The zero-order valence-electron chi connectivity index (χ0n) is 10.2. The first-order valence-corrected chi connectivity index (χ1v) is 6.46. The molecule has 2 N–H and O–H groups in total. The molecule has 0 radical (unpaired) electrons. The van der Waals surface area contributed by atoms with Crippen LogP contribution in [0.5, 0.6) is 0 Å². The molecule has 1 aliphatic rings. The third kappa shape index (κ3) is 3.01. The van der Waals surface area contributed by atoms with Crippen LogP contribution in [0.1, 0.15) is 42.6 Å². The number of hydrogen-bond acceptors (Lipinski definition) is 4. The molecule has 0 aliphatic heterocycles. The lowest BCUT2D eigenvalue weighted by Gasteiger charge is -2.33. The molecule has 6 nitrogen and oxygen atoms in total. The molecule has 7 heteroatoms. The largest absolute Gasteiger partial charge is 0.480 e. The van der Waals surface area contributed by atoms with Gasteiger partial charge in [0.25, 0.3) is 5.91 Å². The Hall–Kier alpha value is -1.69. The minimum Gasteiger partial charge on any atom is -0.480 e. The van der Waals surface area contributed by atoms with Crippen molar-refractivity contribution in [2.75, 3.05) is 0 Å². The van der Waals surface area contributed by atoms with E-state index in [2.05, 4.69) is 15.5 Å². The Balaban J connectivity index is 2.15. The zero-order valence-corrected chi connectivity index (χ0v) is 11.0. The fraction of sp³-hybridized carbons (Fsp3) is 0.500. The number of carbonyl (C=O) groups is 2. The zero-order chi connectivity index (χ0) is 13.9. The summed E-state index contributed by atoms with van der Waals surface area (Å²) in [6.07, 6.45) is 3.45. The van der Waals surface area contributed by atoms with Gasteiger partial charge in [0.15, 0.2) is 10.8 Å². The maximum atomic E-state index is 12.0. The molecular weight excluding hydrogens is 270 g/mol. The van der Waals surface area contributed by atoms with Crippen LogP contribution in [-0.4, -0.2) is 32.7 Å². The van der Waals surface area contributed by atoms with Crippen LogP contribution in [0, 0.1) is 0 Å². The number of aliphatic carboxylic acids is 1. The van der Waals surface area contributed by atoms with Crippen LogP contribution >= 0.6 is 11.6 Å². The number of rotatable bonds is 3. The summed E-state index contributed by atoms with van der Waals surface area (Å²) in [4.78, 5) is 23.4. The summed E-state index contributed by atoms with van der Waals surface area (Å²) in [6, 6.07) is 2.86. The van der Waals surface area contributed by atoms with Crippen molar-refractivity contribution in [3.8, 4) is 0 Å². The Morgan fingerprint density at radius 2 is 1.89 bits per heavy atom. The van der Waals surface area contributed by atoms with Crippen LogP contribution in [0.25, 0.3) is 0 Å². The first-order valence-electron chi connectivity index (χ1n) is 6.09. The van der Waals surface area contributed by atoms with Gasteiger partial charge in [-0.15, -0.1) is 10.2 Å². The van der Waals surface area contributed by atoms with Crippen molar-refractivity contribution in [3.05, 3.63) is 23.0 Å². The third-order valence-corrected chi connectivity index (χ3v) is 3.54. The average Bonchev–Trinajstić information content (AvgIpc) is 2.40. The molecule has 1 aromatic rings. The molecule has 1 saturated carbocycles. The molecule has 1 aliphatic carbocycles. The average molecular weight is 284 g/mol. The Morgan fingerprint density at radius 1 is 1.21 bits per heavy atom. The highest BCUT2D eigenvalue weighted by Crippen LogP contribution is 2.28. The van der Waals surface area contributed by atoms with Gasteiger partial charge < -0.3 is 10.4 Å². The van der Waals surface area contributed by atoms with Crippen LogP contribution in [-0.2, 0) is 4.79 Å². The molecular formula is C12H14ClN3O3. The molecule has 0 atom stereocenters. The number of halogens is 1. The lowest BCUT2D eigenvalue weighted by atomic mass is 9.81. The minimum absolute atomic E-state index is 0.0654. The van der Waals surface area contributed by atoms with Crippen LogP contribution < -0.4 is 5.32 Å². The number of aromatic nitrogens is 2. The van der Waals surface area contributed by atoms with Crippen molar-refractivity contribution >= 4 is 23.5 Å². The topological polar surface area (TPSA) is 92.2 Å². The van der Waals surface area contributed by atoms with E-state index in [1.54, 1.807) is 0 Å². The van der Waals surface area contributed by atoms with E-state index in [4.69, 9.17) is 11.6 Å². The van der Waals surface area contributed by atoms with Crippen LogP contribution in [0.3, 0.4) is 0 Å². The quantitative estimate of drug-likeness (QED) is 0.880. The van der Waals surface area contributed by atoms with Crippen LogP contribution in [0.2, 0.25) is 5.15 Å². The van der Waals surface area contributed by atoms with E-state index >= 15 is 0 Å². The van der Waals surface area contributed by atoms with E-state index in [0.29, 0.717) is 12.8 Å². The van der Waals surface area contributed by atoms with Gasteiger partial charge in [-0.1, -0.05) is 30.9 Å². The summed E-state index contributed by atoms with van der Waals surface area (Å²) in [6.45, 7) is 0. The van der Waals surface area contributed by atoms with Crippen molar-refractivity contribution in [1.82, 2.24) is 15.5 Å². The lowest BCUT2D eigenvalue weighted by molar-refractivity contribution is -0.145. The summed E-state index contributed by atoms with van der Waals surface area (Å²) in [5.41, 5.74) is -1.12. The minimum atomic E-state index is -1.18. The van der Waals surface area contributed by atoms with E-state index in [1.807, 2.05) is 0 Å². The second-order valence-corrected chi connectivity index (χ2v) is 5.03. The Morgan fingerprint density at radius 3 is 2.42 bits per heavy atom. The number of hydrogen-bond donors (Lipinski definition) is 2. The molecule has 0 spiro atoms. The molecule has 0 saturated heterocycles. The SMILES string of the molecule is O=C(NC1(C(=O)O)CCCCC1)c1ccc(Cl)nn1. The molecule has 1 fully saturated rings. The van der Waals surface area contributed by atoms with Gasteiger partial charge in [0.05, 0.1) is 0 Å². The first-order chi connectivity index (χ1) is 9.03. The smallest absolute Gasteiger partial charge is 0.329 e. The summed E-state index contributed by atoms with van der Waals surface area (Å²) < 4.78 is 0. The van der Waals surface area contributed by atoms with Crippen LogP contribution in [0.4, 0.5) is 0 Å². The van der Waals surface area contributed by atoms with Gasteiger partial charge in [-0.05, 0) is 25.0 Å². The summed E-state index contributed by atoms with van der Waals surface area (Å²) in [7, 11) is 0. The van der Waals surface area contributed by atoms with E-state index in [0.717, 1.165) is 19.3 Å². The highest BCUT2D eigenvalue weighted by atomic mass is 35.5. The number of carboxylic acids is 1. The van der Waals surface area contributed by atoms with Gasteiger partial charge in [0, 0.05) is 0 Å². The Labute approximate surface area is 115 Å². The Kier molecular flexibility index (Phi) is 3.99. The summed E-state index contributed by atoms with van der Waals surface area (Å²) in [5, 5.41) is 19.3. The summed E-state index contributed by atoms with van der Waals surface area (Å²) in [5.74, 6) is -1.53. The maximum absolute atomic E-state index is 12.0. The second-order valence-electron chi connectivity index (χ2n) is 4.64. The maximum Gasteiger partial charge on any atom is 0.329 e. The number of nitrogens with one attached hydrogen (secondary N) is 1. The monoisotopic (exact) mass is 283 g/mol. The number of amides is 1. The van der Waals surface area contributed by atoms with Crippen molar-refractivity contribution in [3.63, 3.8) is 0 Å². The molecule has 0 bridgehead atoms. The molecule has 0 aromatic carbocycles. The highest BCUT2D eigenvalue weighted by molar-refractivity contribution is 6.29. The molecule has 0 unspecified atom stereocenters. The van der Waals surface area contributed by atoms with Crippen LogP contribution in [0.15, 0.2) is 12.1 Å². The van der Waals surface area contributed by atoms with E-state index < -0.39 is 17.4 Å². The molecule has 2 rings (SSSR count). The first kappa shape index (κ1) is 13.7. The van der Waals surface area contributed by atoms with Gasteiger partial charge in [-0.2, -0.15) is 0 Å². The number of carboxylic acid groups (broad SMARTS) is 1. The van der Waals surface area contributed by atoms with Crippen molar-refractivity contribution in [1.29, 1.82) is 0 Å². The normalized spacial score (nSPS) is 17.7. The second kappa shape index (κ2) is 5.52. The molecule has 1 heterocycles. The number of carbonyl (C=O) groups excluding carboxylic acids is 1. The standard InChI is InChI=1S/C12H14ClN3O3/c13-9-5-4-8(15-16-9)10(17)14-12(11(18)19)6-2-1-3-7-12/h4-5H,1-3,6-7H2,(H,14,17)(H,18,19). The van der Waals surface area contributed by atoms with Gasteiger partial charge in [0.1, 0.15) is 5.54 Å². The van der Waals surface area contributed by atoms with Gasteiger partial charge in [-0.3, -0.25) is 4.79 Å². The molecule has 1 amide bonds. The van der Waals surface area contributed by atoms with Gasteiger partial charge >= 0.3 is 5.97 Å². The van der Waals surface area contributed by atoms with Crippen molar-refractivity contribution in [2.24, 2.45) is 0 Å². The van der Waals surface area contributed by atoms with E-state index in [1.165, 1.54) is 12.1 Å². The van der Waals surface area contributed by atoms with Gasteiger partial charge in [-0.25, -0.2) is 4.79 Å². The molecule has 102 valence electrons. The lowest BCUT2D eigenvalue weighted by Crippen LogP contribution is -2.55. The van der Waals surface area contributed by atoms with E-state index in [9.17, 15) is 14.7 Å². The fourth-order valence-electron chi connectivity index (χ4n) is 2.27. The summed E-state index contributed by atoms with van der Waals surface area (Å²) >= 11 is 5.59. The predicted molar refractivity (Wildman–Crippen MR) is 68.0 cm³/mol. The van der Waals surface area contributed by atoms with E-state index in [-0.39, 0.29) is 10.8 Å². The Bertz CT molecular complexity index is 483. The molecule has 1 aromatic heterocycles. The highest BCUT2D eigenvalue weighted by Gasteiger charge is 2.41. The predicted octanol–water partition coefficient (Wildman–Crippen LogP) is 1.65. The molecule has 19 heavy (non-hydrogen) atoms. The van der Waals surface area contributed by atoms with Gasteiger partial charge in [0.2, 0.25) is 0 Å². The third-order valence-electron chi connectivity index (χ3n) is 3.33.